The minimum Gasteiger partial charge on any atom is -0.481 e. The first-order chi connectivity index (χ1) is 16.1. The van der Waals surface area contributed by atoms with Crippen molar-refractivity contribution in [3.63, 3.8) is 0 Å². The number of fused-ring (bicyclic) bond motifs is 1. The van der Waals surface area contributed by atoms with Gasteiger partial charge in [-0.1, -0.05) is 41.4 Å². The molecule has 1 atom stereocenters. The van der Waals surface area contributed by atoms with Crippen LogP contribution in [0.1, 0.15) is 29.3 Å². The number of carbonyl (C=O) groups is 3. The molecule has 1 aliphatic carbocycles. The van der Waals surface area contributed by atoms with Crippen LogP contribution in [-0.4, -0.2) is 30.3 Å². The smallest absolute Gasteiger partial charge is 0.314 e. The molecule has 6 nitrogen and oxygen atoms in total. The lowest BCUT2D eigenvalue weighted by Gasteiger charge is -2.19. The van der Waals surface area contributed by atoms with Gasteiger partial charge in [0.25, 0.3) is 0 Å². The highest BCUT2D eigenvalue weighted by molar-refractivity contribution is 6.36. The number of carbonyl (C=O) groups excluding carboxylic acids is 2. The third kappa shape index (κ3) is 5.05. The number of Topliss-reactive ketones (excluding diaryl/α,β-unsaturated/α-hetero) is 1. The molecule has 0 heterocycles. The van der Waals surface area contributed by atoms with Gasteiger partial charge in [-0.25, -0.2) is 4.39 Å². The number of aliphatic carboxylic acids is 1. The Bertz CT molecular complexity index is 1280. The van der Waals surface area contributed by atoms with Crippen molar-refractivity contribution in [2.75, 3.05) is 17.7 Å². The Balaban J connectivity index is 0.000000248. The molecule has 1 aliphatic rings. The predicted octanol–water partition coefficient (Wildman–Crippen LogP) is 6.02. The van der Waals surface area contributed by atoms with Crippen LogP contribution in [0.3, 0.4) is 0 Å². The molecule has 1 unspecified atom stereocenters. The van der Waals surface area contributed by atoms with Crippen LogP contribution >= 0.6 is 23.2 Å². The maximum atomic E-state index is 13.9. The average molecular weight is 503 g/mol. The van der Waals surface area contributed by atoms with Gasteiger partial charge in [0.05, 0.1) is 21.8 Å². The van der Waals surface area contributed by atoms with E-state index in [9.17, 15) is 23.9 Å². The minimum absolute atomic E-state index is 0.0474. The Hall–Kier alpha value is -3.42. The lowest BCUT2D eigenvalue weighted by Crippen LogP contribution is -2.30. The Morgan fingerprint density at radius 1 is 1.06 bits per heavy atom. The van der Waals surface area contributed by atoms with Crippen LogP contribution in [0.2, 0.25) is 10.0 Å². The Morgan fingerprint density at radius 3 is 2.29 bits per heavy atom. The number of carboxylic acids is 1. The molecule has 4 rings (SSSR count). The second-order valence-electron chi connectivity index (χ2n) is 7.83. The quantitative estimate of drug-likeness (QED) is 0.370. The Morgan fingerprint density at radius 2 is 1.71 bits per heavy atom. The molecule has 1 amide bonds. The number of carboxylic acid groups (broad SMARTS) is 1. The molecule has 0 saturated heterocycles. The molecular weight excluding hydrogens is 482 g/mol. The first-order valence-corrected chi connectivity index (χ1v) is 10.9. The van der Waals surface area contributed by atoms with E-state index >= 15 is 0 Å². The fourth-order valence-corrected chi connectivity index (χ4v) is 4.16. The van der Waals surface area contributed by atoms with Crippen LogP contribution in [0.4, 0.5) is 15.8 Å². The van der Waals surface area contributed by atoms with E-state index in [4.69, 9.17) is 23.2 Å². The third-order valence-electron chi connectivity index (χ3n) is 5.62. The summed E-state index contributed by atoms with van der Waals surface area (Å²) in [4.78, 5) is 33.6. The number of nitrogens with one attached hydrogen (secondary N) is 2. The van der Waals surface area contributed by atoms with E-state index < -0.39 is 11.4 Å². The zero-order valence-corrected chi connectivity index (χ0v) is 19.8. The van der Waals surface area contributed by atoms with E-state index in [1.165, 1.54) is 6.07 Å². The molecule has 0 bridgehead atoms. The second kappa shape index (κ2) is 10.2. The van der Waals surface area contributed by atoms with Crippen LogP contribution in [0.25, 0.3) is 11.1 Å². The Labute approximate surface area is 205 Å². The SMILES string of the molecule is CNc1ccc(-c2ccc3c(c2)C(C)(C(=O)O)CC3=O)cc1F.O=CNc1ccc(Cl)cc1Cl. The van der Waals surface area contributed by atoms with E-state index in [0.29, 0.717) is 50.1 Å². The van der Waals surface area contributed by atoms with Gasteiger partial charge in [0.15, 0.2) is 5.78 Å². The summed E-state index contributed by atoms with van der Waals surface area (Å²) < 4.78 is 13.9. The summed E-state index contributed by atoms with van der Waals surface area (Å²) in [6.45, 7) is 1.55. The van der Waals surface area contributed by atoms with Crippen LogP contribution in [0.15, 0.2) is 54.6 Å². The average Bonchev–Trinajstić information content (AvgIpc) is 3.07. The molecule has 3 aromatic carbocycles. The van der Waals surface area contributed by atoms with Gasteiger partial charge in [-0.2, -0.15) is 0 Å². The van der Waals surface area contributed by atoms with Crippen molar-refractivity contribution in [2.45, 2.75) is 18.8 Å². The first kappa shape index (κ1) is 25.2. The summed E-state index contributed by atoms with van der Waals surface area (Å²) in [5, 5.41) is 15.7. The van der Waals surface area contributed by atoms with Gasteiger partial charge < -0.3 is 15.7 Å². The number of benzene rings is 3. The van der Waals surface area contributed by atoms with E-state index in [2.05, 4.69) is 10.6 Å². The first-order valence-electron chi connectivity index (χ1n) is 10.1. The molecule has 0 saturated carbocycles. The summed E-state index contributed by atoms with van der Waals surface area (Å²) in [5.74, 6) is -1.59. The molecule has 0 spiro atoms. The fraction of sp³-hybridized carbons (Fsp3) is 0.160. The molecule has 0 fully saturated rings. The summed E-state index contributed by atoms with van der Waals surface area (Å²) in [6.07, 6.45) is 0.517. The monoisotopic (exact) mass is 502 g/mol. The van der Waals surface area contributed by atoms with Crippen LogP contribution < -0.4 is 10.6 Å². The zero-order valence-electron chi connectivity index (χ0n) is 18.3. The van der Waals surface area contributed by atoms with Crippen LogP contribution in [-0.2, 0) is 15.0 Å². The van der Waals surface area contributed by atoms with E-state index in [1.807, 2.05) is 0 Å². The van der Waals surface area contributed by atoms with E-state index in [-0.39, 0.29) is 18.0 Å². The van der Waals surface area contributed by atoms with Crippen LogP contribution in [0, 0.1) is 5.82 Å². The number of ketones is 1. The van der Waals surface area contributed by atoms with Gasteiger partial charge in [-0.05, 0) is 60.0 Å². The molecule has 0 radical (unpaired) electrons. The highest BCUT2D eigenvalue weighted by atomic mass is 35.5. The van der Waals surface area contributed by atoms with Crippen LogP contribution in [0.5, 0.6) is 0 Å². The largest absolute Gasteiger partial charge is 0.481 e. The molecule has 34 heavy (non-hydrogen) atoms. The maximum absolute atomic E-state index is 13.9. The van der Waals surface area contributed by atoms with Crippen molar-refractivity contribution in [1.82, 2.24) is 0 Å². The molecule has 0 aromatic heterocycles. The van der Waals surface area contributed by atoms with Gasteiger partial charge >= 0.3 is 5.97 Å². The van der Waals surface area contributed by atoms with Crippen molar-refractivity contribution in [3.05, 3.63) is 81.6 Å². The van der Waals surface area contributed by atoms with Crippen molar-refractivity contribution in [3.8, 4) is 11.1 Å². The second-order valence-corrected chi connectivity index (χ2v) is 8.67. The number of amides is 1. The number of halogens is 3. The van der Waals surface area contributed by atoms with Gasteiger partial charge in [0.2, 0.25) is 6.41 Å². The van der Waals surface area contributed by atoms with Crippen molar-refractivity contribution < 1.29 is 23.9 Å². The molecule has 176 valence electrons. The molecule has 3 aromatic rings. The standard InChI is InChI=1S/C18H16FNO3.C7H5Cl2NO/c1-18(17(22)23)9-16(21)12-5-3-10(7-13(12)18)11-4-6-15(20-2)14(19)8-11;8-5-1-2-7(10-4-11)6(9)3-5/h3-8,20H,9H2,1-2H3,(H,22,23);1-4H,(H,10,11). The molecule has 9 heteroatoms. The van der Waals surface area contributed by atoms with E-state index in [0.717, 1.165) is 0 Å². The third-order valence-corrected chi connectivity index (χ3v) is 6.17. The summed E-state index contributed by atoms with van der Waals surface area (Å²) in [6, 6.07) is 14.7. The van der Waals surface area contributed by atoms with Crippen molar-refractivity contribution in [2.24, 2.45) is 0 Å². The number of rotatable bonds is 5. The number of hydrogen-bond donors (Lipinski definition) is 3. The zero-order chi connectivity index (χ0) is 25.0. The summed E-state index contributed by atoms with van der Waals surface area (Å²) in [7, 11) is 1.64. The molecule has 3 N–H and O–H groups in total. The fourth-order valence-electron chi connectivity index (χ4n) is 3.69. The molecule has 0 aliphatic heterocycles. The highest BCUT2D eigenvalue weighted by Gasteiger charge is 2.45. The minimum atomic E-state index is -1.23. The normalized spacial score (nSPS) is 16.2. The highest BCUT2D eigenvalue weighted by Crippen LogP contribution is 2.41. The van der Waals surface area contributed by atoms with Crippen molar-refractivity contribution >= 4 is 52.7 Å². The summed E-state index contributed by atoms with van der Waals surface area (Å²) >= 11 is 11.3. The lowest BCUT2D eigenvalue weighted by molar-refractivity contribution is -0.142. The number of hydrogen-bond acceptors (Lipinski definition) is 4. The maximum Gasteiger partial charge on any atom is 0.314 e. The van der Waals surface area contributed by atoms with Gasteiger partial charge in [-0.15, -0.1) is 0 Å². The van der Waals surface area contributed by atoms with Crippen molar-refractivity contribution in [1.29, 1.82) is 0 Å². The summed E-state index contributed by atoms with van der Waals surface area (Å²) in [5.41, 5.74) is 1.97. The topological polar surface area (TPSA) is 95.5 Å². The molecular formula is C25H21Cl2FN2O4. The number of anilines is 2. The van der Waals surface area contributed by atoms with Gasteiger partial charge in [0, 0.05) is 24.1 Å². The lowest BCUT2D eigenvalue weighted by atomic mass is 9.83. The van der Waals surface area contributed by atoms with Gasteiger partial charge in [0.1, 0.15) is 5.82 Å². The Kier molecular flexibility index (Phi) is 7.59. The predicted molar refractivity (Wildman–Crippen MR) is 131 cm³/mol. The van der Waals surface area contributed by atoms with E-state index in [1.54, 1.807) is 62.5 Å². The van der Waals surface area contributed by atoms with Gasteiger partial charge in [-0.3, -0.25) is 14.4 Å².